The Bertz CT molecular complexity index is 822. The molecule has 1 fully saturated rings. The predicted molar refractivity (Wildman–Crippen MR) is 115 cm³/mol. The summed E-state index contributed by atoms with van der Waals surface area (Å²) in [4.78, 5) is 6.99. The van der Waals surface area contributed by atoms with Gasteiger partial charge in [0.15, 0.2) is 5.96 Å². The summed E-state index contributed by atoms with van der Waals surface area (Å²) in [6, 6.07) is 4.10. The van der Waals surface area contributed by atoms with Crippen LogP contribution in [0.3, 0.4) is 0 Å². The van der Waals surface area contributed by atoms with Crippen LogP contribution < -0.4 is 10.6 Å². The highest BCUT2D eigenvalue weighted by molar-refractivity contribution is 5.79. The number of guanidine groups is 1. The van der Waals surface area contributed by atoms with Gasteiger partial charge in [-0.1, -0.05) is 0 Å². The van der Waals surface area contributed by atoms with Gasteiger partial charge in [0.1, 0.15) is 17.1 Å². The standard InChI is InChI=1S/C21H34N6O3/c1-5-22-20(24-15-21(3,28)17-12-25-26(4)14-17)23-13-18(19-7-6-16(2)30-19)27-8-10-29-11-9-27/h6-7,12,14,18,28H,5,8-11,13,15H2,1-4H3,(H2,22,23,24). The summed E-state index contributed by atoms with van der Waals surface area (Å²) in [5.41, 5.74) is -0.361. The average Bonchev–Trinajstić information content (AvgIpc) is 3.36. The summed E-state index contributed by atoms with van der Waals surface area (Å²) >= 11 is 0. The molecule has 3 rings (SSSR count). The van der Waals surface area contributed by atoms with Gasteiger partial charge in [0.2, 0.25) is 0 Å². The molecule has 30 heavy (non-hydrogen) atoms. The van der Waals surface area contributed by atoms with E-state index >= 15 is 0 Å². The Labute approximate surface area is 178 Å². The fourth-order valence-electron chi connectivity index (χ4n) is 3.49. The van der Waals surface area contributed by atoms with E-state index < -0.39 is 5.60 Å². The third-order valence-electron chi connectivity index (χ3n) is 5.25. The van der Waals surface area contributed by atoms with Crippen LogP contribution in [0.25, 0.3) is 0 Å². The van der Waals surface area contributed by atoms with Crippen molar-refractivity contribution in [1.29, 1.82) is 0 Å². The van der Waals surface area contributed by atoms with Crippen molar-refractivity contribution in [3.8, 4) is 0 Å². The minimum absolute atomic E-state index is 0.0743. The van der Waals surface area contributed by atoms with Crippen molar-refractivity contribution in [3.05, 3.63) is 41.6 Å². The summed E-state index contributed by atoms with van der Waals surface area (Å²) in [5, 5.41) is 21.6. The van der Waals surface area contributed by atoms with Gasteiger partial charge in [0.05, 0.1) is 32.0 Å². The normalized spacial score (nSPS) is 18.8. The first-order chi connectivity index (χ1) is 14.4. The molecule has 0 aromatic carbocycles. The van der Waals surface area contributed by atoms with E-state index in [-0.39, 0.29) is 12.6 Å². The zero-order valence-corrected chi connectivity index (χ0v) is 18.4. The van der Waals surface area contributed by atoms with Crippen molar-refractivity contribution in [2.45, 2.75) is 32.4 Å². The Morgan fingerprint density at radius 3 is 2.70 bits per heavy atom. The average molecular weight is 419 g/mol. The van der Waals surface area contributed by atoms with Crippen LogP contribution in [0.5, 0.6) is 0 Å². The third-order valence-corrected chi connectivity index (χ3v) is 5.25. The molecule has 2 aromatic rings. The van der Waals surface area contributed by atoms with Crippen molar-refractivity contribution >= 4 is 5.96 Å². The molecular weight excluding hydrogens is 384 g/mol. The molecular formula is C21H34N6O3. The molecule has 3 N–H and O–H groups in total. The topological polar surface area (TPSA) is 100 Å². The summed E-state index contributed by atoms with van der Waals surface area (Å²) in [6.07, 6.45) is 3.48. The Hall–Kier alpha value is -2.36. The summed E-state index contributed by atoms with van der Waals surface area (Å²) in [5.74, 6) is 2.49. The lowest BCUT2D eigenvalue weighted by molar-refractivity contribution is 0.0124. The molecule has 0 radical (unpaired) electrons. The van der Waals surface area contributed by atoms with Gasteiger partial charge in [-0.3, -0.25) is 9.58 Å². The molecule has 2 unspecified atom stereocenters. The highest BCUT2D eigenvalue weighted by atomic mass is 16.5. The second-order valence-electron chi connectivity index (χ2n) is 7.87. The third kappa shape index (κ3) is 5.84. The molecule has 2 atom stereocenters. The van der Waals surface area contributed by atoms with Gasteiger partial charge in [-0.2, -0.15) is 5.10 Å². The van der Waals surface area contributed by atoms with E-state index in [1.807, 2.05) is 39.2 Å². The number of ether oxygens (including phenoxy) is 1. The van der Waals surface area contributed by atoms with Crippen LogP contribution in [0.15, 0.2) is 33.9 Å². The molecule has 2 aromatic heterocycles. The quantitative estimate of drug-likeness (QED) is 0.437. The van der Waals surface area contributed by atoms with Crippen molar-refractivity contribution in [2.75, 3.05) is 45.9 Å². The predicted octanol–water partition coefficient (Wildman–Crippen LogP) is 1.16. The molecule has 9 heteroatoms. The van der Waals surface area contributed by atoms with Crippen LogP contribution in [0, 0.1) is 6.92 Å². The Morgan fingerprint density at radius 1 is 1.33 bits per heavy atom. The number of nitrogens with zero attached hydrogens (tertiary/aromatic N) is 4. The second-order valence-corrected chi connectivity index (χ2v) is 7.87. The molecule has 0 spiro atoms. The number of aryl methyl sites for hydroxylation is 2. The minimum Gasteiger partial charge on any atom is -0.465 e. The number of morpholine rings is 1. The first-order valence-corrected chi connectivity index (χ1v) is 10.5. The Morgan fingerprint density at radius 2 is 2.10 bits per heavy atom. The number of furan rings is 1. The van der Waals surface area contributed by atoms with Gasteiger partial charge in [0.25, 0.3) is 0 Å². The van der Waals surface area contributed by atoms with Crippen molar-refractivity contribution in [1.82, 2.24) is 25.3 Å². The number of hydrogen-bond acceptors (Lipinski definition) is 6. The lowest BCUT2D eigenvalue weighted by Crippen LogP contribution is -2.46. The fraction of sp³-hybridized carbons (Fsp3) is 0.619. The van der Waals surface area contributed by atoms with Gasteiger partial charge >= 0.3 is 0 Å². The van der Waals surface area contributed by atoms with E-state index in [4.69, 9.17) is 9.15 Å². The lowest BCUT2D eigenvalue weighted by atomic mass is 10.0. The van der Waals surface area contributed by atoms with E-state index in [0.717, 1.165) is 49.9 Å². The number of nitrogens with one attached hydrogen (secondary N) is 2. The highest BCUT2D eigenvalue weighted by Gasteiger charge is 2.27. The van der Waals surface area contributed by atoms with Gasteiger partial charge < -0.3 is 24.9 Å². The van der Waals surface area contributed by atoms with E-state index in [1.54, 1.807) is 17.8 Å². The lowest BCUT2D eigenvalue weighted by Gasteiger charge is -2.33. The molecule has 1 saturated heterocycles. The molecule has 0 amide bonds. The van der Waals surface area contributed by atoms with Gasteiger partial charge in [0, 0.05) is 45.0 Å². The van der Waals surface area contributed by atoms with Crippen LogP contribution in [-0.2, 0) is 17.4 Å². The Balaban J connectivity index is 1.69. The smallest absolute Gasteiger partial charge is 0.191 e. The van der Waals surface area contributed by atoms with Crippen LogP contribution in [0.1, 0.15) is 37.0 Å². The maximum absolute atomic E-state index is 10.8. The van der Waals surface area contributed by atoms with Gasteiger partial charge in [-0.05, 0) is 32.9 Å². The van der Waals surface area contributed by atoms with Crippen LogP contribution in [0.4, 0.5) is 0 Å². The molecule has 166 valence electrons. The van der Waals surface area contributed by atoms with Crippen molar-refractivity contribution < 1.29 is 14.3 Å². The maximum Gasteiger partial charge on any atom is 0.191 e. The monoisotopic (exact) mass is 418 g/mol. The van der Waals surface area contributed by atoms with Gasteiger partial charge in [-0.25, -0.2) is 4.99 Å². The summed E-state index contributed by atoms with van der Waals surface area (Å²) < 4.78 is 13.1. The first kappa shape index (κ1) is 22.3. The van der Waals surface area contributed by atoms with E-state index in [1.165, 1.54) is 0 Å². The van der Waals surface area contributed by atoms with Crippen molar-refractivity contribution in [3.63, 3.8) is 0 Å². The molecule has 0 aliphatic carbocycles. The largest absolute Gasteiger partial charge is 0.465 e. The van der Waals surface area contributed by atoms with E-state index in [2.05, 4.69) is 25.6 Å². The zero-order valence-electron chi connectivity index (χ0n) is 18.4. The zero-order chi connectivity index (χ0) is 21.6. The van der Waals surface area contributed by atoms with E-state index in [0.29, 0.717) is 12.5 Å². The Kier molecular flexibility index (Phi) is 7.52. The molecule has 0 bridgehead atoms. The van der Waals surface area contributed by atoms with Crippen LogP contribution in [0.2, 0.25) is 0 Å². The molecule has 9 nitrogen and oxygen atoms in total. The molecule has 1 aliphatic heterocycles. The molecule has 0 saturated carbocycles. The van der Waals surface area contributed by atoms with E-state index in [9.17, 15) is 5.11 Å². The maximum atomic E-state index is 10.8. The van der Waals surface area contributed by atoms with Crippen LogP contribution >= 0.6 is 0 Å². The fourth-order valence-corrected chi connectivity index (χ4v) is 3.49. The highest BCUT2D eigenvalue weighted by Crippen LogP contribution is 2.23. The van der Waals surface area contributed by atoms with Crippen molar-refractivity contribution in [2.24, 2.45) is 12.0 Å². The summed E-state index contributed by atoms with van der Waals surface area (Å²) in [7, 11) is 1.83. The number of hydrogen-bond donors (Lipinski definition) is 3. The second kappa shape index (κ2) is 10.1. The SMILES string of the molecule is CCNC(=NCC(C)(O)c1cnn(C)c1)NCC(c1ccc(C)o1)N1CCOCC1. The van der Waals surface area contributed by atoms with Crippen LogP contribution in [-0.4, -0.2) is 71.7 Å². The number of aliphatic hydroxyl groups is 1. The number of rotatable bonds is 8. The molecule has 3 heterocycles. The minimum atomic E-state index is -1.10. The number of aliphatic imine (C=N–C) groups is 1. The first-order valence-electron chi connectivity index (χ1n) is 10.5. The molecule has 1 aliphatic rings. The van der Waals surface area contributed by atoms with Gasteiger partial charge in [-0.15, -0.1) is 0 Å². The number of aromatic nitrogens is 2. The summed E-state index contributed by atoms with van der Waals surface area (Å²) in [6.45, 7) is 10.5.